The summed E-state index contributed by atoms with van der Waals surface area (Å²) in [5.74, 6) is -1.46. The van der Waals surface area contributed by atoms with Gasteiger partial charge in [0.25, 0.3) is 0 Å². The Hall–Kier alpha value is -1.08. The Morgan fingerprint density at radius 2 is 2.25 bits per heavy atom. The average Bonchev–Trinajstić information content (AvgIpc) is 2.69. The Morgan fingerprint density at radius 3 is 2.85 bits per heavy atom. The largest absolute Gasteiger partial charge is 0.387 e. The first kappa shape index (κ1) is 15.3. The summed E-state index contributed by atoms with van der Waals surface area (Å²) in [4.78, 5) is 0. The standard InChI is InChI=1S/C14H19F2NO3/c1-9-14(19,4-5-20-9)8-17-7-13(18)11-3-2-10(15)6-12(11)16/h2-3,6,9,13,17-19H,4-5,7-8H2,1H3. The van der Waals surface area contributed by atoms with Crippen molar-refractivity contribution < 1.29 is 23.7 Å². The van der Waals surface area contributed by atoms with Crippen molar-refractivity contribution in [3.8, 4) is 0 Å². The number of hydrogen-bond donors (Lipinski definition) is 3. The molecule has 0 radical (unpaired) electrons. The fraction of sp³-hybridized carbons (Fsp3) is 0.571. The summed E-state index contributed by atoms with van der Waals surface area (Å²) in [6.45, 7) is 2.59. The van der Waals surface area contributed by atoms with Crippen LogP contribution in [0.1, 0.15) is 25.0 Å². The molecule has 0 aliphatic carbocycles. The summed E-state index contributed by atoms with van der Waals surface area (Å²) in [5, 5.41) is 23.0. The minimum atomic E-state index is -1.10. The zero-order chi connectivity index (χ0) is 14.8. The molecule has 1 saturated heterocycles. The lowest BCUT2D eigenvalue weighted by atomic mass is 9.96. The third-order valence-corrected chi connectivity index (χ3v) is 3.75. The SMILES string of the molecule is CC1OCCC1(O)CNCC(O)c1ccc(F)cc1F. The van der Waals surface area contributed by atoms with Gasteiger partial charge in [-0.1, -0.05) is 6.07 Å². The molecule has 2 rings (SSSR count). The van der Waals surface area contributed by atoms with E-state index in [0.717, 1.165) is 12.1 Å². The van der Waals surface area contributed by atoms with Gasteiger partial charge in [0, 0.05) is 37.7 Å². The highest BCUT2D eigenvalue weighted by atomic mass is 19.1. The van der Waals surface area contributed by atoms with E-state index in [1.54, 1.807) is 6.92 Å². The minimum absolute atomic E-state index is 0.0293. The van der Waals surface area contributed by atoms with Crippen LogP contribution in [0.5, 0.6) is 0 Å². The van der Waals surface area contributed by atoms with Crippen LogP contribution in [0.2, 0.25) is 0 Å². The molecular weight excluding hydrogens is 268 g/mol. The summed E-state index contributed by atoms with van der Waals surface area (Å²) >= 11 is 0. The lowest BCUT2D eigenvalue weighted by Gasteiger charge is -2.27. The molecule has 1 heterocycles. The zero-order valence-corrected chi connectivity index (χ0v) is 11.3. The highest BCUT2D eigenvalue weighted by Crippen LogP contribution is 2.25. The zero-order valence-electron chi connectivity index (χ0n) is 11.3. The average molecular weight is 287 g/mol. The van der Waals surface area contributed by atoms with Crippen LogP contribution in [-0.4, -0.2) is 41.6 Å². The number of benzene rings is 1. The Bertz CT molecular complexity index is 472. The topological polar surface area (TPSA) is 61.7 Å². The molecule has 1 fully saturated rings. The van der Waals surface area contributed by atoms with Gasteiger partial charge in [-0.2, -0.15) is 0 Å². The molecule has 3 atom stereocenters. The fourth-order valence-corrected chi connectivity index (χ4v) is 2.31. The van der Waals surface area contributed by atoms with Crippen molar-refractivity contribution in [3.63, 3.8) is 0 Å². The number of nitrogens with one attached hydrogen (secondary N) is 1. The van der Waals surface area contributed by atoms with Crippen LogP contribution in [0.15, 0.2) is 18.2 Å². The maximum atomic E-state index is 13.5. The number of hydrogen-bond acceptors (Lipinski definition) is 4. The summed E-state index contributed by atoms with van der Waals surface area (Å²) in [7, 11) is 0. The van der Waals surface area contributed by atoms with E-state index < -0.39 is 23.3 Å². The Labute approximate surface area is 116 Å². The first-order valence-corrected chi connectivity index (χ1v) is 6.60. The van der Waals surface area contributed by atoms with E-state index in [1.165, 1.54) is 6.07 Å². The maximum absolute atomic E-state index is 13.5. The monoisotopic (exact) mass is 287 g/mol. The second-order valence-corrected chi connectivity index (χ2v) is 5.18. The second-order valence-electron chi connectivity index (χ2n) is 5.18. The van der Waals surface area contributed by atoms with Crippen molar-refractivity contribution >= 4 is 0 Å². The number of ether oxygens (including phenoxy) is 1. The molecule has 1 aliphatic rings. The molecule has 6 heteroatoms. The van der Waals surface area contributed by atoms with Gasteiger partial charge in [-0.05, 0) is 13.0 Å². The molecule has 1 aromatic carbocycles. The molecule has 3 unspecified atom stereocenters. The quantitative estimate of drug-likeness (QED) is 0.760. The smallest absolute Gasteiger partial charge is 0.131 e. The minimum Gasteiger partial charge on any atom is -0.387 e. The second kappa shape index (κ2) is 6.13. The van der Waals surface area contributed by atoms with E-state index in [1.807, 2.05) is 0 Å². The Morgan fingerprint density at radius 1 is 1.50 bits per heavy atom. The van der Waals surface area contributed by atoms with Gasteiger partial charge in [0.05, 0.1) is 12.2 Å². The van der Waals surface area contributed by atoms with Crippen LogP contribution in [0.25, 0.3) is 0 Å². The van der Waals surface area contributed by atoms with E-state index in [9.17, 15) is 19.0 Å². The predicted octanol–water partition coefficient (Wildman–Crippen LogP) is 1.13. The molecule has 0 spiro atoms. The Kier molecular flexibility index (Phi) is 4.70. The molecular formula is C14H19F2NO3. The van der Waals surface area contributed by atoms with E-state index in [4.69, 9.17) is 4.74 Å². The van der Waals surface area contributed by atoms with Gasteiger partial charge in [-0.25, -0.2) is 8.78 Å². The normalized spacial score (nSPS) is 27.8. The van der Waals surface area contributed by atoms with Crippen molar-refractivity contribution in [2.75, 3.05) is 19.7 Å². The van der Waals surface area contributed by atoms with Gasteiger partial charge < -0.3 is 20.3 Å². The van der Waals surface area contributed by atoms with E-state index >= 15 is 0 Å². The van der Waals surface area contributed by atoms with Crippen molar-refractivity contribution in [2.45, 2.75) is 31.2 Å². The van der Waals surface area contributed by atoms with E-state index in [-0.39, 0.29) is 24.8 Å². The molecule has 0 amide bonds. The highest BCUT2D eigenvalue weighted by molar-refractivity contribution is 5.21. The van der Waals surface area contributed by atoms with E-state index in [0.29, 0.717) is 13.0 Å². The molecule has 0 aromatic heterocycles. The van der Waals surface area contributed by atoms with Crippen LogP contribution in [0.4, 0.5) is 8.78 Å². The van der Waals surface area contributed by atoms with Crippen LogP contribution in [0, 0.1) is 11.6 Å². The fourth-order valence-electron chi connectivity index (χ4n) is 2.31. The molecule has 0 bridgehead atoms. The summed E-state index contributed by atoms with van der Waals surface area (Å²) in [6.07, 6.45) is -0.867. The van der Waals surface area contributed by atoms with Crippen molar-refractivity contribution in [1.82, 2.24) is 5.32 Å². The third-order valence-electron chi connectivity index (χ3n) is 3.75. The van der Waals surface area contributed by atoms with Gasteiger partial charge in [-0.3, -0.25) is 0 Å². The number of rotatable bonds is 5. The van der Waals surface area contributed by atoms with Crippen LogP contribution in [-0.2, 0) is 4.74 Å². The Balaban J connectivity index is 1.87. The molecule has 1 aromatic rings. The van der Waals surface area contributed by atoms with Crippen molar-refractivity contribution in [3.05, 3.63) is 35.4 Å². The maximum Gasteiger partial charge on any atom is 0.131 e. The summed E-state index contributed by atoms with van der Waals surface area (Å²) < 4.78 is 31.5. The van der Waals surface area contributed by atoms with Crippen molar-refractivity contribution in [1.29, 1.82) is 0 Å². The summed E-state index contributed by atoms with van der Waals surface area (Å²) in [5.41, 5.74) is -0.942. The number of aliphatic hydroxyl groups excluding tert-OH is 1. The highest BCUT2D eigenvalue weighted by Gasteiger charge is 2.39. The molecule has 1 aliphatic heterocycles. The lowest BCUT2D eigenvalue weighted by molar-refractivity contribution is -0.0274. The molecule has 4 nitrogen and oxygen atoms in total. The third kappa shape index (κ3) is 3.32. The van der Waals surface area contributed by atoms with Gasteiger partial charge >= 0.3 is 0 Å². The predicted molar refractivity (Wildman–Crippen MR) is 69.2 cm³/mol. The van der Waals surface area contributed by atoms with Gasteiger partial charge in [0.2, 0.25) is 0 Å². The van der Waals surface area contributed by atoms with Crippen LogP contribution < -0.4 is 5.32 Å². The first-order valence-electron chi connectivity index (χ1n) is 6.60. The van der Waals surface area contributed by atoms with Crippen LogP contribution >= 0.6 is 0 Å². The van der Waals surface area contributed by atoms with Gasteiger partial charge in [-0.15, -0.1) is 0 Å². The lowest BCUT2D eigenvalue weighted by Crippen LogP contribution is -2.46. The van der Waals surface area contributed by atoms with E-state index in [2.05, 4.69) is 5.32 Å². The molecule has 3 N–H and O–H groups in total. The molecule has 0 saturated carbocycles. The molecule has 20 heavy (non-hydrogen) atoms. The summed E-state index contributed by atoms with van der Waals surface area (Å²) in [6, 6.07) is 3.05. The van der Waals surface area contributed by atoms with Gasteiger partial charge in [0.1, 0.15) is 17.2 Å². The number of halogens is 2. The van der Waals surface area contributed by atoms with Crippen LogP contribution in [0.3, 0.4) is 0 Å². The number of aliphatic hydroxyl groups is 2. The molecule has 112 valence electrons. The first-order chi connectivity index (χ1) is 9.42. The van der Waals surface area contributed by atoms with Gasteiger partial charge in [0.15, 0.2) is 0 Å². The van der Waals surface area contributed by atoms with Crippen molar-refractivity contribution in [2.24, 2.45) is 0 Å².